The smallest absolute Gasteiger partial charge is 0.267 e. The van der Waals surface area contributed by atoms with E-state index in [1.807, 2.05) is 42.5 Å². The van der Waals surface area contributed by atoms with Gasteiger partial charge in [-0.3, -0.25) is 9.59 Å². The van der Waals surface area contributed by atoms with E-state index in [0.717, 1.165) is 24.2 Å². The van der Waals surface area contributed by atoms with Crippen molar-refractivity contribution in [1.29, 1.82) is 0 Å². The highest BCUT2D eigenvalue weighted by Gasteiger charge is 2.31. The zero-order chi connectivity index (χ0) is 22.5. The molecule has 7 heteroatoms. The molecule has 2 amide bonds. The van der Waals surface area contributed by atoms with E-state index in [2.05, 4.69) is 5.32 Å². The standard InChI is InChI=1S/C25H30N2O5/c1-17-25(29)27(20-9-5-6-10-21(20)31-17)14-13-24(28)26-16-18-11-12-22(23(15-18)30-2)32-19-7-3-4-8-19/h5-6,9-12,15,17,19H,3-4,7-8,13-14,16H2,1-2H3,(H,26,28)/t17-/m1/s1. The fraction of sp³-hybridized carbons (Fsp3) is 0.440. The van der Waals surface area contributed by atoms with Crippen LogP contribution in [0.15, 0.2) is 42.5 Å². The number of fused-ring (bicyclic) bond motifs is 1. The van der Waals surface area contributed by atoms with E-state index in [9.17, 15) is 9.59 Å². The second kappa shape index (κ2) is 9.94. The minimum atomic E-state index is -0.564. The summed E-state index contributed by atoms with van der Waals surface area (Å²) < 4.78 is 17.2. The molecule has 0 radical (unpaired) electrons. The third-order valence-electron chi connectivity index (χ3n) is 5.95. The average Bonchev–Trinajstić information content (AvgIpc) is 3.32. The van der Waals surface area contributed by atoms with Crippen molar-refractivity contribution in [3.8, 4) is 17.2 Å². The zero-order valence-electron chi connectivity index (χ0n) is 18.6. The van der Waals surface area contributed by atoms with Crippen LogP contribution in [0, 0.1) is 0 Å². The molecule has 1 aliphatic carbocycles. The molecule has 1 saturated carbocycles. The van der Waals surface area contributed by atoms with Gasteiger partial charge in [0, 0.05) is 19.5 Å². The summed E-state index contributed by atoms with van der Waals surface area (Å²) in [5.41, 5.74) is 1.63. The Hall–Kier alpha value is -3.22. The molecule has 2 aromatic carbocycles. The summed E-state index contributed by atoms with van der Waals surface area (Å²) in [4.78, 5) is 26.7. The highest BCUT2D eigenvalue weighted by Crippen LogP contribution is 2.34. The van der Waals surface area contributed by atoms with Crippen molar-refractivity contribution in [2.24, 2.45) is 0 Å². The maximum absolute atomic E-state index is 12.5. The largest absolute Gasteiger partial charge is 0.493 e. The maximum Gasteiger partial charge on any atom is 0.267 e. The van der Waals surface area contributed by atoms with Crippen molar-refractivity contribution < 1.29 is 23.8 Å². The predicted octanol–water partition coefficient (Wildman–Crippen LogP) is 3.84. The second-order valence-electron chi connectivity index (χ2n) is 8.25. The number of anilines is 1. The van der Waals surface area contributed by atoms with Gasteiger partial charge in [-0.05, 0) is 62.4 Å². The molecule has 2 aliphatic rings. The number of carbonyl (C=O) groups excluding carboxylic acids is 2. The second-order valence-corrected chi connectivity index (χ2v) is 8.25. The van der Waals surface area contributed by atoms with E-state index in [4.69, 9.17) is 14.2 Å². The molecule has 1 atom stereocenters. The van der Waals surface area contributed by atoms with Gasteiger partial charge in [-0.15, -0.1) is 0 Å². The number of methoxy groups -OCH3 is 1. The lowest BCUT2D eigenvalue weighted by atomic mass is 10.1. The molecule has 1 heterocycles. The number of hydrogen-bond donors (Lipinski definition) is 1. The molecule has 1 N–H and O–H groups in total. The molecule has 32 heavy (non-hydrogen) atoms. The number of nitrogens with zero attached hydrogens (tertiary/aromatic N) is 1. The van der Waals surface area contributed by atoms with Gasteiger partial charge >= 0.3 is 0 Å². The third-order valence-corrected chi connectivity index (χ3v) is 5.95. The monoisotopic (exact) mass is 438 g/mol. The van der Waals surface area contributed by atoms with Crippen molar-refractivity contribution in [2.75, 3.05) is 18.6 Å². The van der Waals surface area contributed by atoms with Gasteiger partial charge in [0.15, 0.2) is 17.6 Å². The number of benzene rings is 2. The first-order chi connectivity index (χ1) is 15.5. The summed E-state index contributed by atoms with van der Waals surface area (Å²) in [5, 5.41) is 2.93. The van der Waals surface area contributed by atoms with Gasteiger partial charge in [0.1, 0.15) is 5.75 Å². The Morgan fingerprint density at radius 3 is 2.72 bits per heavy atom. The predicted molar refractivity (Wildman–Crippen MR) is 121 cm³/mol. The van der Waals surface area contributed by atoms with E-state index < -0.39 is 6.10 Å². The summed E-state index contributed by atoms with van der Waals surface area (Å²) in [6.07, 6.45) is 4.46. The van der Waals surface area contributed by atoms with Crippen molar-refractivity contribution in [1.82, 2.24) is 5.32 Å². The van der Waals surface area contributed by atoms with Crippen LogP contribution in [0.3, 0.4) is 0 Å². The van der Waals surface area contributed by atoms with Crippen LogP contribution in [0.1, 0.15) is 44.6 Å². The van der Waals surface area contributed by atoms with Gasteiger partial charge in [-0.2, -0.15) is 0 Å². The summed E-state index contributed by atoms with van der Waals surface area (Å²) in [5.74, 6) is 1.81. The van der Waals surface area contributed by atoms with Gasteiger partial charge in [0.25, 0.3) is 5.91 Å². The lowest BCUT2D eigenvalue weighted by molar-refractivity contribution is -0.125. The number of hydrogen-bond acceptors (Lipinski definition) is 5. The first-order valence-electron chi connectivity index (χ1n) is 11.2. The molecule has 1 fully saturated rings. The fourth-order valence-electron chi connectivity index (χ4n) is 4.20. The average molecular weight is 439 g/mol. The SMILES string of the molecule is COc1cc(CNC(=O)CCN2C(=O)[C@@H](C)Oc3ccccc32)ccc1OC1CCCC1. The molecular formula is C25H30N2O5. The van der Waals surface area contributed by atoms with Crippen molar-refractivity contribution >= 4 is 17.5 Å². The Labute approximate surface area is 188 Å². The molecular weight excluding hydrogens is 408 g/mol. The molecule has 0 aromatic heterocycles. The van der Waals surface area contributed by atoms with Gasteiger partial charge in [0.2, 0.25) is 5.91 Å². The minimum absolute atomic E-state index is 0.125. The highest BCUT2D eigenvalue weighted by molar-refractivity contribution is 6.00. The summed E-state index contributed by atoms with van der Waals surface area (Å²) in [6, 6.07) is 13.1. The molecule has 0 unspecified atom stereocenters. The number of ether oxygens (including phenoxy) is 3. The number of nitrogens with one attached hydrogen (secondary N) is 1. The first-order valence-corrected chi connectivity index (χ1v) is 11.2. The summed E-state index contributed by atoms with van der Waals surface area (Å²) in [6.45, 7) is 2.40. The van der Waals surface area contributed by atoms with E-state index >= 15 is 0 Å². The molecule has 1 aliphatic heterocycles. The van der Waals surface area contributed by atoms with Crippen molar-refractivity contribution in [2.45, 2.75) is 57.8 Å². The van der Waals surface area contributed by atoms with Crippen LogP contribution < -0.4 is 24.4 Å². The molecule has 0 spiro atoms. The minimum Gasteiger partial charge on any atom is -0.493 e. The van der Waals surface area contributed by atoms with E-state index in [-0.39, 0.29) is 24.3 Å². The van der Waals surface area contributed by atoms with E-state index in [1.54, 1.807) is 18.9 Å². The lowest BCUT2D eigenvalue weighted by Gasteiger charge is -2.32. The van der Waals surface area contributed by atoms with Crippen molar-refractivity contribution in [3.63, 3.8) is 0 Å². The number of para-hydroxylation sites is 2. The molecule has 2 aromatic rings. The summed E-state index contributed by atoms with van der Waals surface area (Å²) in [7, 11) is 1.62. The Bertz CT molecular complexity index is 971. The lowest BCUT2D eigenvalue weighted by Crippen LogP contribution is -2.45. The van der Waals surface area contributed by atoms with E-state index in [0.29, 0.717) is 30.3 Å². The van der Waals surface area contributed by atoms with Gasteiger partial charge in [-0.1, -0.05) is 18.2 Å². The Morgan fingerprint density at radius 1 is 1.16 bits per heavy atom. The highest BCUT2D eigenvalue weighted by atomic mass is 16.5. The zero-order valence-corrected chi connectivity index (χ0v) is 18.6. The van der Waals surface area contributed by atoms with Crippen LogP contribution in [0.2, 0.25) is 0 Å². The van der Waals surface area contributed by atoms with Crippen LogP contribution in [0.4, 0.5) is 5.69 Å². The number of rotatable bonds is 8. The Kier molecular flexibility index (Phi) is 6.83. The normalized spacial score (nSPS) is 18.1. The summed E-state index contributed by atoms with van der Waals surface area (Å²) >= 11 is 0. The molecule has 4 rings (SSSR count). The van der Waals surface area contributed by atoms with Gasteiger partial charge in [-0.25, -0.2) is 0 Å². The van der Waals surface area contributed by atoms with Crippen LogP contribution in [-0.4, -0.2) is 37.7 Å². The number of carbonyl (C=O) groups is 2. The Balaban J connectivity index is 1.32. The van der Waals surface area contributed by atoms with Crippen LogP contribution >= 0.6 is 0 Å². The third kappa shape index (κ3) is 4.98. The van der Waals surface area contributed by atoms with Crippen LogP contribution in [-0.2, 0) is 16.1 Å². The van der Waals surface area contributed by atoms with Gasteiger partial charge in [0.05, 0.1) is 18.9 Å². The first kappa shape index (κ1) is 22.0. The topological polar surface area (TPSA) is 77.1 Å². The molecule has 170 valence electrons. The molecule has 0 bridgehead atoms. The van der Waals surface area contributed by atoms with Crippen LogP contribution in [0.25, 0.3) is 0 Å². The van der Waals surface area contributed by atoms with Crippen molar-refractivity contribution in [3.05, 3.63) is 48.0 Å². The number of amides is 2. The molecule has 7 nitrogen and oxygen atoms in total. The quantitative estimate of drug-likeness (QED) is 0.678. The van der Waals surface area contributed by atoms with Gasteiger partial charge < -0.3 is 24.4 Å². The Morgan fingerprint density at radius 2 is 1.94 bits per heavy atom. The van der Waals surface area contributed by atoms with E-state index in [1.165, 1.54) is 12.8 Å². The fourth-order valence-corrected chi connectivity index (χ4v) is 4.20. The van der Waals surface area contributed by atoms with Crippen LogP contribution in [0.5, 0.6) is 17.2 Å². The maximum atomic E-state index is 12.5. The molecule has 0 saturated heterocycles.